The van der Waals surface area contributed by atoms with E-state index >= 15 is 0 Å². The van der Waals surface area contributed by atoms with Crippen LogP contribution in [0.15, 0.2) is 55.1 Å². The maximum atomic E-state index is 11.6. The third-order valence-corrected chi connectivity index (χ3v) is 2.39. The first-order valence-electron chi connectivity index (χ1n) is 5.73. The van der Waals surface area contributed by atoms with Crippen LogP contribution < -0.4 is 0 Å². The number of hydrogen-bond acceptors (Lipinski definition) is 3. The smallest absolute Gasteiger partial charge is 0.332 e. The highest BCUT2D eigenvalue weighted by atomic mass is 16.5. The quantitative estimate of drug-likeness (QED) is 0.610. The minimum atomic E-state index is -0.356. The van der Waals surface area contributed by atoms with Crippen molar-refractivity contribution in [3.63, 3.8) is 0 Å². The van der Waals surface area contributed by atoms with Crippen molar-refractivity contribution in [3.05, 3.63) is 60.7 Å². The third-order valence-electron chi connectivity index (χ3n) is 2.39. The van der Waals surface area contributed by atoms with Crippen LogP contribution in [0.2, 0.25) is 0 Å². The summed E-state index contributed by atoms with van der Waals surface area (Å²) in [4.78, 5) is 15.6. The number of rotatable bonds is 4. The van der Waals surface area contributed by atoms with Gasteiger partial charge in [-0.1, -0.05) is 30.3 Å². The normalized spacial score (nSPS) is 11.3. The number of esters is 1. The monoisotopic (exact) mass is 242 g/mol. The zero-order valence-corrected chi connectivity index (χ0v) is 10.1. The Kier molecular flexibility index (Phi) is 3.91. The second-order valence-electron chi connectivity index (χ2n) is 3.62. The number of hydrogen-bond donors (Lipinski definition) is 0. The molecule has 0 spiro atoms. The van der Waals surface area contributed by atoms with Crippen LogP contribution in [-0.4, -0.2) is 22.1 Å². The fourth-order valence-electron chi connectivity index (χ4n) is 1.61. The van der Waals surface area contributed by atoms with Crippen molar-refractivity contribution in [1.82, 2.24) is 9.55 Å². The standard InChI is InChI=1S/C14H14N2O2/c1-2-18-14(17)10-13(16-9-8-15-11-16)12-6-4-3-5-7-12/h3-11H,2H2,1H3. The summed E-state index contributed by atoms with van der Waals surface area (Å²) in [7, 11) is 0. The van der Waals surface area contributed by atoms with Gasteiger partial charge in [-0.05, 0) is 12.5 Å². The molecule has 1 aromatic heterocycles. The van der Waals surface area contributed by atoms with Gasteiger partial charge in [-0.3, -0.25) is 0 Å². The molecule has 2 aromatic rings. The van der Waals surface area contributed by atoms with Crippen molar-refractivity contribution < 1.29 is 9.53 Å². The van der Waals surface area contributed by atoms with E-state index in [1.165, 1.54) is 6.08 Å². The molecule has 0 N–H and O–H groups in total. The highest BCUT2D eigenvalue weighted by Crippen LogP contribution is 2.16. The van der Waals surface area contributed by atoms with Crippen molar-refractivity contribution in [2.24, 2.45) is 0 Å². The van der Waals surface area contributed by atoms with Gasteiger partial charge in [-0.15, -0.1) is 0 Å². The molecule has 0 bridgehead atoms. The van der Waals surface area contributed by atoms with Crippen molar-refractivity contribution >= 4 is 11.7 Å². The Morgan fingerprint density at radius 2 is 2.17 bits per heavy atom. The summed E-state index contributed by atoms with van der Waals surface area (Å²) in [5.74, 6) is -0.356. The molecular weight excluding hydrogens is 228 g/mol. The number of ether oxygens (including phenoxy) is 1. The van der Waals surface area contributed by atoms with E-state index in [1.807, 2.05) is 30.3 Å². The van der Waals surface area contributed by atoms with Crippen LogP contribution in [0.3, 0.4) is 0 Å². The van der Waals surface area contributed by atoms with Gasteiger partial charge in [-0.25, -0.2) is 9.78 Å². The molecule has 0 atom stereocenters. The Morgan fingerprint density at radius 1 is 1.39 bits per heavy atom. The largest absolute Gasteiger partial charge is 0.463 e. The van der Waals surface area contributed by atoms with Gasteiger partial charge in [0.2, 0.25) is 0 Å². The van der Waals surface area contributed by atoms with Gasteiger partial charge in [0.05, 0.1) is 18.6 Å². The van der Waals surface area contributed by atoms with E-state index in [1.54, 1.807) is 30.2 Å². The number of carbonyl (C=O) groups excluding carboxylic acids is 1. The van der Waals surface area contributed by atoms with Gasteiger partial charge >= 0.3 is 5.97 Å². The lowest BCUT2D eigenvalue weighted by Crippen LogP contribution is -2.04. The lowest BCUT2D eigenvalue weighted by Gasteiger charge is -2.08. The summed E-state index contributed by atoms with van der Waals surface area (Å²) in [6.45, 7) is 2.15. The van der Waals surface area contributed by atoms with E-state index in [4.69, 9.17) is 4.74 Å². The van der Waals surface area contributed by atoms with Crippen LogP contribution in [0.4, 0.5) is 0 Å². The molecule has 2 rings (SSSR count). The van der Waals surface area contributed by atoms with Gasteiger partial charge < -0.3 is 9.30 Å². The predicted octanol–water partition coefficient (Wildman–Crippen LogP) is 2.34. The first kappa shape index (κ1) is 12.1. The third kappa shape index (κ3) is 2.85. The molecule has 0 saturated heterocycles. The van der Waals surface area contributed by atoms with Crippen LogP contribution in [0.5, 0.6) is 0 Å². The van der Waals surface area contributed by atoms with Gasteiger partial charge in [-0.2, -0.15) is 0 Å². The van der Waals surface area contributed by atoms with Gasteiger partial charge in [0.1, 0.15) is 0 Å². The van der Waals surface area contributed by atoms with Gasteiger partial charge in [0.15, 0.2) is 0 Å². The van der Waals surface area contributed by atoms with Crippen molar-refractivity contribution in [2.75, 3.05) is 6.61 Å². The molecule has 0 aliphatic carbocycles. The molecule has 4 heteroatoms. The number of nitrogens with zero attached hydrogens (tertiary/aromatic N) is 2. The molecule has 0 aliphatic heterocycles. The van der Waals surface area contributed by atoms with Crippen LogP contribution in [0.1, 0.15) is 12.5 Å². The lowest BCUT2D eigenvalue weighted by molar-refractivity contribution is -0.137. The Hall–Kier alpha value is -2.36. The molecule has 0 fully saturated rings. The summed E-state index contributed by atoms with van der Waals surface area (Å²) in [6.07, 6.45) is 6.58. The maximum absolute atomic E-state index is 11.6. The Morgan fingerprint density at radius 3 is 2.78 bits per heavy atom. The van der Waals surface area contributed by atoms with E-state index in [-0.39, 0.29) is 5.97 Å². The van der Waals surface area contributed by atoms with Crippen LogP contribution in [0, 0.1) is 0 Å². The van der Waals surface area contributed by atoms with Gasteiger partial charge in [0.25, 0.3) is 0 Å². The fourth-order valence-corrected chi connectivity index (χ4v) is 1.61. The molecule has 92 valence electrons. The van der Waals surface area contributed by atoms with E-state index < -0.39 is 0 Å². The zero-order chi connectivity index (χ0) is 12.8. The first-order chi connectivity index (χ1) is 8.81. The summed E-state index contributed by atoms with van der Waals surface area (Å²) in [5, 5.41) is 0. The Labute approximate surface area is 106 Å². The number of carbonyl (C=O) groups is 1. The minimum absolute atomic E-state index is 0.356. The molecule has 0 unspecified atom stereocenters. The molecule has 0 radical (unpaired) electrons. The molecule has 4 nitrogen and oxygen atoms in total. The van der Waals surface area contributed by atoms with Crippen molar-refractivity contribution in [1.29, 1.82) is 0 Å². The summed E-state index contributed by atoms with van der Waals surface area (Å²) < 4.78 is 6.73. The molecule has 0 saturated carbocycles. The van der Waals surface area contributed by atoms with E-state index in [0.717, 1.165) is 11.3 Å². The Bertz CT molecular complexity index is 530. The maximum Gasteiger partial charge on any atom is 0.332 e. The second kappa shape index (κ2) is 5.82. The highest BCUT2D eigenvalue weighted by molar-refractivity contribution is 5.91. The topological polar surface area (TPSA) is 44.1 Å². The number of imidazole rings is 1. The van der Waals surface area contributed by atoms with E-state index in [0.29, 0.717) is 6.61 Å². The van der Waals surface area contributed by atoms with E-state index in [2.05, 4.69) is 4.98 Å². The fraction of sp³-hybridized carbons (Fsp3) is 0.143. The van der Waals surface area contributed by atoms with E-state index in [9.17, 15) is 4.79 Å². The highest BCUT2D eigenvalue weighted by Gasteiger charge is 2.07. The average molecular weight is 242 g/mol. The number of benzene rings is 1. The zero-order valence-electron chi connectivity index (χ0n) is 10.1. The van der Waals surface area contributed by atoms with Crippen molar-refractivity contribution in [2.45, 2.75) is 6.92 Å². The summed E-state index contributed by atoms with van der Waals surface area (Å²) >= 11 is 0. The molecule has 1 heterocycles. The molecule has 0 aliphatic rings. The summed E-state index contributed by atoms with van der Waals surface area (Å²) in [6, 6.07) is 9.64. The first-order valence-corrected chi connectivity index (χ1v) is 5.73. The predicted molar refractivity (Wildman–Crippen MR) is 68.7 cm³/mol. The SMILES string of the molecule is CCOC(=O)C=C(c1ccccc1)n1ccnc1. The Balaban J connectivity index is 2.39. The van der Waals surface area contributed by atoms with Crippen LogP contribution in [0.25, 0.3) is 5.70 Å². The minimum Gasteiger partial charge on any atom is -0.463 e. The number of aromatic nitrogens is 2. The summed E-state index contributed by atoms with van der Waals surface area (Å²) in [5.41, 5.74) is 1.68. The molecular formula is C14H14N2O2. The van der Waals surface area contributed by atoms with Crippen LogP contribution >= 0.6 is 0 Å². The second-order valence-corrected chi connectivity index (χ2v) is 3.62. The van der Waals surface area contributed by atoms with Crippen molar-refractivity contribution in [3.8, 4) is 0 Å². The molecule has 0 amide bonds. The molecule has 18 heavy (non-hydrogen) atoms. The lowest BCUT2D eigenvalue weighted by atomic mass is 10.1. The van der Waals surface area contributed by atoms with Gasteiger partial charge in [0, 0.05) is 18.5 Å². The average Bonchev–Trinajstić information content (AvgIpc) is 2.91. The van der Waals surface area contributed by atoms with Crippen LogP contribution in [-0.2, 0) is 9.53 Å². The molecule has 1 aromatic carbocycles.